The van der Waals surface area contributed by atoms with E-state index in [1.54, 1.807) is 27.7 Å². The van der Waals surface area contributed by atoms with Gasteiger partial charge in [-0.25, -0.2) is 4.79 Å². The number of hydrogen-bond donors (Lipinski definition) is 0. The van der Waals surface area contributed by atoms with Crippen LogP contribution in [0, 0.1) is 5.41 Å². The Morgan fingerprint density at radius 3 is 2.20 bits per heavy atom. The maximum atomic E-state index is 10.9. The third kappa shape index (κ3) is 3.45. The Morgan fingerprint density at radius 1 is 1.40 bits per heavy atom. The SMILES string of the molecule is CCOOC(=O)C(C)(C)C. The van der Waals surface area contributed by atoms with E-state index in [1.165, 1.54) is 0 Å². The molecule has 0 unspecified atom stereocenters. The predicted molar refractivity (Wildman–Crippen MR) is 37.2 cm³/mol. The van der Waals surface area contributed by atoms with Gasteiger partial charge in [-0.15, -0.1) is 0 Å². The van der Waals surface area contributed by atoms with Crippen LogP contribution >= 0.6 is 0 Å². The van der Waals surface area contributed by atoms with Crippen LogP contribution in [-0.4, -0.2) is 12.6 Å². The van der Waals surface area contributed by atoms with E-state index in [0.29, 0.717) is 6.61 Å². The van der Waals surface area contributed by atoms with Crippen LogP contribution in [0.25, 0.3) is 0 Å². The van der Waals surface area contributed by atoms with Gasteiger partial charge in [0.05, 0.1) is 12.0 Å². The zero-order valence-electron chi connectivity index (χ0n) is 6.93. The van der Waals surface area contributed by atoms with Crippen molar-refractivity contribution in [3.63, 3.8) is 0 Å². The molecular weight excluding hydrogens is 132 g/mol. The third-order valence-corrected chi connectivity index (χ3v) is 0.865. The first-order chi connectivity index (χ1) is 4.48. The van der Waals surface area contributed by atoms with Gasteiger partial charge < -0.3 is 0 Å². The van der Waals surface area contributed by atoms with Gasteiger partial charge in [0.15, 0.2) is 0 Å². The van der Waals surface area contributed by atoms with E-state index in [-0.39, 0.29) is 5.97 Å². The lowest BCUT2D eigenvalue weighted by Crippen LogP contribution is -2.22. The van der Waals surface area contributed by atoms with Gasteiger partial charge >= 0.3 is 5.97 Å². The molecule has 0 atom stereocenters. The summed E-state index contributed by atoms with van der Waals surface area (Å²) in [6.45, 7) is 7.47. The lowest BCUT2D eigenvalue weighted by molar-refractivity contribution is -0.276. The molecule has 0 heterocycles. The fourth-order valence-corrected chi connectivity index (χ4v) is 0.237. The minimum absolute atomic E-state index is 0.339. The van der Waals surface area contributed by atoms with Crippen LogP contribution in [0.4, 0.5) is 0 Å². The molecule has 10 heavy (non-hydrogen) atoms. The number of hydrogen-bond acceptors (Lipinski definition) is 3. The lowest BCUT2D eigenvalue weighted by Gasteiger charge is -2.13. The molecule has 0 amide bonds. The van der Waals surface area contributed by atoms with E-state index in [1.807, 2.05) is 0 Å². The summed E-state index contributed by atoms with van der Waals surface area (Å²) in [6, 6.07) is 0. The van der Waals surface area contributed by atoms with E-state index < -0.39 is 5.41 Å². The highest BCUT2D eigenvalue weighted by Crippen LogP contribution is 2.14. The van der Waals surface area contributed by atoms with Crippen molar-refractivity contribution >= 4 is 5.97 Å². The fourth-order valence-electron chi connectivity index (χ4n) is 0.237. The summed E-state index contributed by atoms with van der Waals surface area (Å²) in [5.74, 6) is -0.339. The van der Waals surface area contributed by atoms with Crippen LogP contribution in [0.3, 0.4) is 0 Å². The molecular formula is C7H14O3. The van der Waals surface area contributed by atoms with Crippen molar-refractivity contribution in [3.8, 4) is 0 Å². The number of carbonyl (C=O) groups excluding carboxylic acids is 1. The summed E-state index contributed by atoms with van der Waals surface area (Å²) >= 11 is 0. The second-order valence-corrected chi connectivity index (χ2v) is 3.03. The average Bonchev–Trinajstić information content (AvgIpc) is 1.80. The van der Waals surface area contributed by atoms with E-state index in [4.69, 9.17) is 0 Å². The Kier molecular flexibility index (Phi) is 3.36. The van der Waals surface area contributed by atoms with Crippen molar-refractivity contribution in [2.75, 3.05) is 6.61 Å². The average molecular weight is 146 g/mol. The van der Waals surface area contributed by atoms with Crippen molar-refractivity contribution in [2.45, 2.75) is 27.7 Å². The lowest BCUT2D eigenvalue weighted by atomic mass is 9.98. The van der Waals surface area contributed by atoms with Crippen molar-refractivity contribution in [3.05, 3.63) is 0 Å². The highest BCUT2D eigenvalue weighted by molar-refractivity contribution is 5.74. The molecule has 0 aliphatic carbocycles. The molecule has 3 nitrogen and oxygen atoms in total. The molecule has 0 aliphatic rings. The summed E-state index contributed by atoms with van der Waals surface area (Å²) in [5.41, 5.74) is -0.477. The van der Waals surface area contributed by atoms with Crippen molar-refractivity contribution < 1.29 is 14.6 Å². The summed E-state index contributed by atoms with van der Waals surface area (Å²) in [7, 11) is 0. The second-order valence-electron chi connectivity index (χ2n) is 3.03. The molecule has 0 fully saturated rings. The highest BCUT2D eigenvalue weighted by atomic mass is 17.2. The Labute approximate surface area is 61.2 Å². The van der Waals surface area contributed by atoms with Crippen molar-refractivity contribution in [1.29, 1.82) is 0 Å². The van der Waals surface area contributed by atoms with Gasteiger partial charge in [-0.2, -0.15) is 4.89 Å². The van der Waals surface area contributed by atoms with Crippen LogP contribution in [0.2, 0.25) is 0 Å². The Bertz CT molecular complexity index is 113. The van der Waals surface area contributed by atoms with Gasteiger partial charge in [-0.1, -0.05) is 0 Å². The summed E-state index contributed by atoms with van der Waals surface area (Å²) in [6.07, 6.45) is 0. The summed E-state index contributed by atoms with van der Waals surface area (Å²) in [5, 5.41) is 0. The van der Waals surface area contributed by atoms with Gasteiger partial charge in [0, 0.05) is 0 Å². The molecule has 0 N–H and O–H groups in total. The molecule has 0 spiro atoms. The third-order valence-electron chi connectivity index (χ3n) is 0.865. The van der Waals surface area contributed by atoms with E-state index in [9.17, 15) is 4.79 Å². The Balaban J connectivity index is 3.64. The molecule has 0 aromatic carbocycles. The highest BCUT2D eigenvalue weighted by Gasteiger charge is 2.23. The minimum atomic E-state index is -0.477. The quantitative estimate of drug-likeness (QED) is 0.437. The molecule has 0 aromatic heterocycles. The van der Waals surface area contributed by atoms with Gasteiger partial charge in [-0.05, 0) is 27.7 Å². The van der Waals surface area contributed by atoms with E-state index in [2.05, 4.69) is 9.78 Å². The molecule has 60 valence electrons. The first-order valence-electron chi connectivity index (χ1n) is 3.32. The molecule has 0 saturated carbocycles. The number of rotatable bonds is 2. The summed E-state index contributed by atoms with van der Waals surface area (Å²) in [4.78, 5) is 19.8. The molecule has 0 bridgehead atoms. The van der Waals surface area contributed by atoms with Gasteiger partial charge in [0.2, 0.25) is 0 Å². The Hall–Kier alpha value is -0.570. The zero-order chi connectivity index (χ0) is 8.20. The maximum Gasteiger partial charge on any atom is 0.347 e. The van der Waals surface area contributed by atoms with Gasteiger partial charge in [0.1, 0.15) is 0 Å². The first-order valence-corrected chi connectivity index (χ1v) is 3.32. The minimum Gasteiger partial charge on any atom is -0.298 e. The largest absolute Gasteiger partial charge is 0.347 e. The van der Waals surface area contributed by atoms with Crippen molar-refractivity contribution in [1.82, 2.24) is 0 Å². The smallest absolute Gasteiger partial charge is 0.298 e. The van der Waals surface area contributed by atoms with Crippen LogP contribution < -0.4 is 0 Å². The molecule has 0 rings (SSSR count). The van der Waals surface area contributed by atoms with Gasteiger partial charge in [0.25, 0.3) is 0 Å². The molecule has 0 aromatic rings. The van der Waals surface area contributed by atoms with E-state index >= 15 is 0 Å². The van der Waals surface area contributed by atoms with Crippen LogP contribution in [0.5, 0.6) is 0 Å². The maximum absolute atomic E-state index is 10.9. The zero-order valence-corrected chi connectivity index (χ0v) is 6.93. The van der Waals surface area contributed by atoms with E-state index in [0.717, 1.165) is 0 Å². The van der Waals surface area contributed by atoms with Crippen LogP contribution in [-0.2, 0) is 14.6 Å². The first kappa shape index (κ1) is 9.43. The molecule has 0 aliphatic heterocycles. The molecule has 0 radical (unpaired) electrons. The van der Waals surface area contributed by atoms with Crippen LogP contribution in [0.15, 0.2) is 0 Å². The fraction of sp³-hybridized carbons (Fsp3) is 0.857. The Morgan fingerprint density at radius 2 is 1.90 bits per heavy atom. The van der Waals surface area contributed by atoms with Crippen molar-refractivity contribution in [2.24, 2.45) is 5.41 Å². The molecule has 3 heteroatoms. The molecule has 0 saturated heterocycles. The second kappa shape index (κ2) is 3.56. The predicted octanol–water partition coefficient (Wildman–Crippen LogP) is 1.53. The number of carbonyl (C=O) groups is 1. The van der Waals surface area contributed by atoms with Gasteiger partial charge in [-0.3, -0.25) is 4.89 Å². The monoisotopic (exact) mass is 146 g/mol. The topological polar surface area (TPSA) is 35.5 Å². The standard InChI is InChI=1S/C7H14O3/c1-5-9-10-6(8)7(2,3)4/h5H2,1-4H3. The summed E-state index contributed by atoms with van der Waals surface area (Å²) < 4.78 is 0. The normalized spacial score (nSPS) is 11.2. The van der Waals surface area contributed by atoms with Crippen LogP contribution in [0.1, 0.15) is 27.7 Å².